The molecule has 0 aliphatic carbocycles. The van der Waals surface area contributed by atoms with Crippen molar-refractivity contribution in [3.63, 3.8) is 0 Å². The van der Waals surface area contributed by atoms with E-state index in [1.807, 2.05) is 0 Å². The quantitative estimate of drug-likeness (QED) is 0.603. The molecule has 8 heteroatoms. The second kappa shape index (κ2) is 5.93. The molecule has 0 N–H and O–H groups in total. The maximum atomic E-state index is 6.20. The number of halogens is 2. The van der Waals surface area contributed by atoms with Gasteiger partial charge in [-0.25, -0.2) is 5.01 Å². The van der Waals surface area contributed by atoms with Gasteiger partial charge >= 0.3 is 0 Å². The maximum absolute atomic E-state index is 6.20. The summed E-state index contributed by atoms with van der Waals surface area (Å²) in [6.45, 7) is 0. The van der Waals surface area contributed by atoms with Crippen molar-refractivity contribution in [2.24, 2.45) is 15.3 Å². The molecule has 1 atom stereocenters. The van der Waals surface area contributed by atoms with Gasteiger partial charge in [0.05, 0.1) is 12.5 Å². The molecule has 0 radical (unpaired) electrons. The highest BCUT2D eigenvalue weighted by molar-refractivity contribution is 7.80. The third kappa shape index (κ3) is 2.97. The Kier molecular flexibility index (Phi) is 4.01. The van der Waals surface area contributed by atoms with E-state index in [1.165, 1.54) is 5.01 Å². The van der Waals surface area contributed by atoms with Crippen molar-refractivity contribution in [3.05, 3.63) is 58.0 Å². The molecule has 5 nitrogen and oxygen atoms in total. The van der Waals surface area contributed by atoms with Gasteiger partial charge in [-0.1, -0.05) is 29.3 Å². The third-order valence-electron chi connectivity index (χ3n) is 2.77. The zero-order valence-electron chi connectivity index (χ0n) is 10.5. The van der Waals surface area contributed by atoms with Gasteiger partial charge in [-0.3, -0.25) is 0 Å². The average molecular weight is 339 g/mol. The molecule has 1 aromatic heterocycles. The Morgan fingerprint density at radius 1 is 1.33 bits per heavy atom. The topological polar surface area (TPSA) is 53.5 Å². The van der Waals surface area contributed by atoms with E-state index in [0.29, 0.717) is 15.8 Å². The van der Waals surface area contributed by atoms with Gasteiger partial charge in [0.25, 0.3) is 0 Å². The summed E-state index contributed by atoms with van der Waals surface area (Å²) in [5, 5.41) is 15.0. The van der Waals surface area contributed by atoms with E-state index in [-0.39, 0.29) is 5.11 Å². The summed E-state index contributed by atoms with van der Waals surface area (Å²) in [6, 6.07) is 8.70. The smallest absolute Gasteiger partial charge is 0.238 e. The molecule has 2 heterocycles. The van der Waals surface area contributed by atoms with Crippen LogP contribution in [0, 0.1) is 0 Å². The minimum absolute atomic E-state index is 0.258. The highest BCUT2D eigenvalue weighted by Gasteiger charge is 2.29. The second-order valence-corrected chi connectivity index (χ2v) is 5.35. The van der Waals surface area contributed by atoms with Crippen LogP contribution < -0.4 is 0 Å². The Bertz CT molecular complexity index is 730. The molecule has 0 amide bonds. The predicted molar refractivity (Wildman–Crippen MR) is 84.8 cm³/mol. The zero-order valence-corrected chi connectivity index (χ0v) is 12.8. The molecule has 0 fully saturated rings. The highest BCUT2D eigenvalue weighted by Crippen LogP contribution is 2.34. The summed E-state index contributed by atoms with van der Waals surface area (Å²) in [6.07, 6.45) is 2.60. The van der Waals surface area contributed by atoms with Gasteiger partial charge in [0, 0.05) is 15.6 Å². The number of hydrogen-bond donors (Lipinski definition) is 0. The number of hydrazone groups is 1. The summed E-state index contributed by atoms with van der Waals surface area (Å²) in [7, 11) is 0. The Balaban J connectivity index is 1.90. The molecule has 21 heavy (non-hydrogen) atoms. The van der Waals surface area contributed by atoms with Gasteiger partial charge in [0.2, 0.25) is 5.11 Å². The Hall–Kier alpha value is -1.76. The van der Waals surface area contributed by atoms with Crippen LogP contribution in [0.2, 0.25) is 10.0 Å². The monoisotopic (exact) mass is 338 g/mol. The summed E-state index contributed by atoms with van der Waals surface area (Å²) in [5.41, 5.74) is 0.723. The van der Waals surface area contributed by atoms with Crippen LogP contribution in [0.1, 0.15) is 17.5 Å². The molecule has 3 rings (SSSR count). The molecule has 2 aromatic rings. The van der Waals surface area contributed by atoms with E-state index in [4.69, 9.17) is 39.8 Å². The van der Waals surface area contributed by atoms with E-state index < -0.39 is 6.17 Å². The number of benzene rings is 1. The highest BCUT2D eigenvalue weighted by atomic mass is 35.5. The molecular formula is C13H8Cl2N4OS. The summed E-state index contributed by atoms with van der Waals surface area (Å²) in [4.78, 5) is 0. The lowest BCUT2D eigenvalue weighted by Crippen LogP contribution is -2.22. The first-order chi connectivity index (χ1) is 10.1. The first kappa shape index (κ1) is 14.2. The van der Waals surface area contributed by atoms with Crippen molar-refractivity contribution in [1.29, 1.82) is 0 Å². The molecule has 0 bridgehead atoms. The van der Waals surface area contributed by atoms with Gasteiger partial charge in [0.15, 0.2) is 6.17 Å². The van der Waals surface area contributed by atoms with Crippen molar-refractivity contribution in [2.75, 3.05) is 0 Å². The molecule has 0 spiro atoms. The summed E-state index contributed by atoms with van der Waals surface area (Å²) >= 11 is 17.2. The van der Waals surface area contributed by atoms with E-state index in [0.717, 1.165) is 5.56 Å². The average Bonchev–Trinajstić information content (AvgIpc) is 3.07. The zero-order chi connectivity index (χ0) is 14.8. The van der Waals surface area contributed by atoms with Gasteiger partial charge < -0.3 is 4.42 Å². The van der Waals surface area contributed by atoms with Crippen molar-refractivity contribution >= 4 is 46.7 Å². The number of rotatable bonds is 3. The largest absolute Gasteiger partial charge is 0.463 e. The molecule has 0 saturated carbocycles. The van der Waals surface area contributed by atoms with Crippen molar-refractivity contribution in [1.82, 2.24) is 5.01 Å². The van der Waals surface area contributed by atoms with Gasteiger partial charge in [0.1, 0.15) is 5.76 Å². The molecular weight excluding hydrogens is 331 g/mol. The first-order valence-electron chi connectivity index (χ1n) is 5.91. The molecule has 1 unspecified atom stereocenters. The fourth-order valence-electron chi connectivity index (χ4n) is 1.80. The lowest BCUT2D eigenvalue weighted by atomic mass is 10.2. The van der Waals surface area contributed by atoms with Crippen LogP contribution in [0.3, 0.4) is 0 Å². The summed E-state index contributed by atoms with van der Waals surface area (Å²) in [5.74, 6) is 0.602. The number of azo groups is 1. The van der Waals surface area contributed by atoms with Crippen LogP contribution >= 0.6 is 35.4 Å². The number of hydrogen-bond acceptors (Lipinski definition) is 4. The SMILES string of the molecule is S=C1N=NC(c2ccc(Cl)cc2Cl)N1N=Cc1ccco1. The van der Waals surface area contributed by atoms with Crippen LogP contribution in [0.4, 0.5) is 0 Å². The van der Waals surface area contributed by atoms with Crippen molar-refractivity contribution in [3.8, 4) is 0 Å². The minimum atomic E-state index is -0.506. The van der Waals surface area contributed by atoms with Crippen LogP contribution in [0.25, 0.3) is 0 Å². The van der Waals surface area contributed by atoms with Crippen molar-refractivity contribution in [2.45, 2.75) is 6.17 Å². The second-order valence-electron chi connectivity index (χ2n) is 4.14. The third-order valence-corrected chi connectivity index (χ3v) is 3.60. The van der Waals surface area contributed by atoms with E-state index >= 15 is 0 Å². The predicted octanol–water partition coefficient (Wildman–Crippen LogP) is 4.67. The molecule has 1 aromatic carbocycles. The lowest BCUT2D eigenvalue weighted by Gasteiger charge is -2.18. The van der Waals surface area contributed by atoms with Gasteiger partial charge in [-0.05, 0) is 36.5 Å². The van der Waals surface area contributed by atoms with Crippen LogP contribution in [0.15, 0.2) is 56.3 Å². The standard InChI is InChI=1S/C13H8Cl2N4OS/c14-8-3-4-10(11(15)6-8)12-17-18-13(21)19(12)16-7-9-2-1-5-20-9/h1-7,12H. The maximum Gasteiger partial charge on any atom is 0.238 e. The Morgan fingerprint density at radius 3 is 2.90 bits per heavy atom. The fourth-order valence-corrected chi connectivity index (χ4v) is 2.50. The Morgan fingerprint density at radius 2 is 2.19 bits per heavy atom. The first-order valence-corrected chi connectivity index (χ1v) is 7.08. The van der Waals surface area contributed by atoms with Crippen LogP contribution in [-0.4, -0.2) is 16.3 Å². The molecule has 0 saturated heterocycles. The molecule has 1 aliphatic heterocycles. The van der Waals surface area contributed by atoms with Crippen LogP contribution in [0.5, 0.6) is 0 Å². The van der Waals surface area contributed by atoms with E-state index in [2.05, 4.69) is 15.3 Å². The number of thiocarbonyl (C=S) groups is 1. The van der Waals surface area contributed by atoms with Crippen molar-refractivity contribution < 1.29 is 4.42 Å². The molecule has 1 aliphatic rings. The Labute approximate surface area is 135 Å². The van der Waals surface area contributed by atoms with Gasteiger partial charge in [-0.15, -0.1) is 5.11 Å². The van der Waals surface area contributed by atoms with Gasteiger partial charge in [-0.2, -0.15) is 10.2 Å². The normalized spacial score (nSPS) is 18.1. The van der Waals surface area contributed by atoms with E-state index in [9.17, 15) is 0 Å². The summed E-state index contributed by atoms with van der Waals surface area (Å²) < 4.78 is 5.18. The fraction of sp³-hybridized carbons (Fsp3) is 0.0769. The molecule has 106 valence electrons. The number of nitrogens with zero attached hydrogens (tertiary/aromatic N) is 4. The van der Waals surface area contributed by atoms with E-state index in [1.54, 1.807) is 42.8 Å². The number of furan rings is 1. The van der Waals surface area contributed by atoms with Crippen LogP contribution in [-0.2, 0) is 0 Å². The minimum Gasteiger partial charge on any atom is -0.463 e. The lowest BCUT2D eigenvalue weighted by molar-refractivity contribution is 0.366.